The summed E-state index contributed by atoms with van der Waals surface area (Å²) in [4.78, 5) is 49.4. The number of alkyl carbamates (subject to hydrolysis) is 2. The van der Waals surface area contributed by atoms with Gasteiger partial charge in [0.25, 0.3) is 0 Å². The second-order valence-corrected chi connectivity index (χ2v) is 23.7. The van der Waals surface area contributed by atoms with Gasteiger partial charge in [-0.25, -0.2) is 19.2 Å². The Bertz CT molecular complexity index is 1500. The van der Waals surface area contributed by atoms with E-state index in [1.807, 2.05) is 0 Å². The van der Waals surface area contributed by atoms with Gasteiger partial charge in [-0.3, -0.25) is 0 Å². The molecular formula is C63H110N2O12. The summed E-state index contributed by atoms with van der Waals surface area (Å²) in [5.74, 6) is 1.91. The van der Waals surface area contributed by atoms with Crippen molar-refractivity contribution in [3.05, 3.63) is 24.3 Å². The molecule has 14 nitrogen and oxygen atoms in total. The topological polar surface area (TPSA) is 166 Å². The summed E-state index contributed by atoms with van der Waals surface area (Å²) in [6, 6.07) is 0. The van der Waals surface area contributed by atoms with Gasteiger partial charge in [0, 0.05) is 11.1 Å². The fraction of sp³-hybridized carbons (Fsp3) is 0.873. The minimum atomic E-state index is -0.575. The van der Waals surface area contributed by atoms with E-state index in [0.29, 0.717) is 36.2 Å². The number of carbonyl (C=O) groups excluding carboxylic acids is 4. The van der Waals surface area contributed by atoms with Crippen LogP contribution >= 0.6 is 0 Å². The van der Waals surface area contributed by atoms with Crippen molar-refractivity contribution in [2.45, 2.75) is 276 Å². The van der Waals surface area contributed by atoms with Gasteiger partial charge in [0.2, 0.25) is 0 Å². The van der Waals surface area contributed by atoms with Crippen LogP contribution in [0.5, 0.6) is 0 Å². The maximum absolute atomic E-state index is 12.9. The van der Waals surface area contributed by atoms with Gasteiger partial charge in [0.05, 0.1) is 63.9 Å². The maximum Gasteiger partial charge on any atom is 0.407 e. The molecule has 4 fully saturated rings. The first-order valence-corrected chi connectivity index (χ1v) is 31.4. The number of rotatable bonds is 40. The van der Waals surface area contributed by atoms with Crippen molar-refractivity contribution in [3.8, 4) is 0 Å². The van der Waals surface area contributed by atoms with E-state index >= 15 is 0 Å². The summed E-state index contributed by atoms with van der Waals surface area (Å²) < 4.78 is 47.8. The third-order valence-electron chi connectivity index (χ3n) is 16.8. The molecule has 0 aromatic rings. The highest BCUT2D eigenvalue weighted by molar-refractivity contribution is 5.87. The van der Waals surface area contributed by atoms with Crippen molar-refractivity contribution in [1.29, 1.82) is 0 Å². The zero-order valence-corrected chi connectivity index (χ0v) is 49.1. The SMILES string of the molecule is C=C(C)C(=O)OCCNC(=O)OC(COC1CCC(CCCCCCCCC)CC1)COC1CCC(CC2CCC(OCC(COC3CCC(CCCCCCCCC)CC3)OC(=O)NCCOC(=O)C(=C)C)CC2)CC1. The predicted octanol–water partition coefficient (Wildman–Crippen LogP) is 14.4. The van der Waals surface area contributed by atoms with E-state index in [-0.39, 0.29) is 63.9 Å². The Morgan fingerprint density at radius 2 is 0.701 bits per heavy atom. The van der Waals surface area contributed by atoms with Crippen molar-refractivity contribution in [3.63, 3.8) is 0 Å². The number of amides is 2. The van der Waals surface area contributed by atoms with Crippen LogP contribution in [-0.4, -0.2) is 113 Å². The Morgan fingerprint density at radius 3 is 1.00 bits per heavy atom. The van der Waals surface area contributed by atoms with Gasteiger partial charge in [-0.2, -0.15) is 0 Å². The van der Waals surface area contributed by atoms with Crippen LogP contribution in [0.2, 0.25) is 0 Å². The van der Waals surface area contributed by atoms with Gasteiger partial charge < -0.3 is 48.5 Å². The third-order valence-corrected chi connectivity index (χ3v) is 16.8. The van der Waals surface area contributed by atoms with E-state index in [1.165, 1.54) is 135 Å². The highest BCUT2D eigenvalue weighted by Crippen LogP contribution is 2.37. The first kappa shape index (κ1) is 66.3. The summed E-state index contributed by atoms with van der Waals surface area (Å²) in [6.07, 6.45) is 38.4. The fourth-order valence-corrected chi connectivity index (χ4v) is 11.9. The first-order chi connectivity index (χ1) is 37.4. The van der Waals surface area contributed by atoms with E-state index in [1.54, 1.807) is 13.8 Å². The maximum atomic E-state index is 12.9. The van der Waals surface area contributed by atoms with Crippen LogP contribution < -0.4 is 10.6 Å². The molecule has 444 valence electrons. The zero-order valence-electron chi connectivity index (χ0n) is 49.1. The molecule has 2 amide bonds. The molecule has 0 radical (unpaired) electrons. The molecule has 0 saturated heterocycles. The minimum Gasteiger partial charge on any atom is -0.460 e. The molecule has 0 bridgehead atoms. The molecule has 2 atom stereocenters. The van der Waals surface area contributed by atoms with Gasteiger partial charge in [-0.15, -0.1) is 0 Å². The standard InChI is InChI=1S/C63H110N2O12/c1-7-9-11-13-15-17-19-21-50-23-31-54(32-24-50)72-44-58(76-62(68)64-39-41-70-60(66)48(3)4)46-74-56-35-27-52(28-36-56)43-53-29-37-57(38-30-53)75-47-59(77-63(69)65-40-42-71-61(67)49(5)6)45-73-55-33-25-51(26-34-55)22-20-18-16-14-12-10-8-2/h50-59H,3,5,7-47H2,1-2,4,6H3,(H,64,68)(H,65,69). The summed E-state index contributed by atoms with van der Waals surface area (Å²) in [5.41, 5.74) is 0.622. The van der Waals surface area contributed by atoms with Crippen LogP contribution in [0.4, 0.5) is 9.59 Å². The van der Waals surface area contributed by atoms with Crippen LogP contribution in [-0.2, 0) is 47.5 Å². The number of ether oxygens (including phenoxy) is 8. The Hall–Kier alpha value is -3.20. The molecule has 4 aliphatic rings. The first-order valence-electron chi connectivity index (χ1n) is 31.4. The number of unbranched alkanes of at least 4 members (excludes halogenated alkanes) is 12. The van der Waals surface area contributed by atoms with E-state index in [0.717, 1.165) is 88.9 Å². The molecule has 77 heavy (non-hydrogen) atoms. The average molecular weight is 1090 g/mol. The highest BCUT2D eigenvalue weighted by Gasteiger charge is 2.31. The molecule has 0 aromatic carbocycles. The number of carbonyl (C=O) groups is 4. The molecule has 4 aliphatic carbocycles. The molecular weight excluding hydrogens is 977 g/mol. The van der Waals surface area contributed by atoms with Crippen molar-refractivity contribution >= 4 is 24.1 Å². The molecule has 0 heterocycles. The predicted molar refractivity (Wildman–Crippen MR) is 305 cm³/mol. The van der Waals surface area contributed by atoms with E-state index < -0.39 is 36.3 Å². The van der Waals surface area contributed by atoms with E-state index in [9.17, 15) is 19.2 Å². The second kappa shape index (κ2) is 40.9. The lowest BCUT2D eigenvalue weighted by atomic mass is 9.76. The summed E-state index contributed by atoms with van der Waals surface area (Å²) in [6.45, 7) is 16.4. The van der Waals surface area contributed by atoms with Gasteiger partial charge in [0.1, 0.15) is 13.2 Å². The lowest BCUT2D eigenvalue weighted by Crippen LogP contribution is -2.38. The largest absolute Gasteiger partial charge is 0.460 e. The summed E-state index contributed by atoms with van der Waals surface area (Å²) in [5, 5.41) is 5.41. The van der Waals surface area contributed by atoms with E-state index in [4.69, 9.17) is 37.9 Å². The Kier molecular flexibility index (Phi) is 35.2. The molecule has 14 heteroatoms. The van der Waals surface area contributed by atoms with Crippen LogP contribution in [0.15, 0.2) is 24.3 Å². The Morgan fingerprint density at radius 1 is 0.416 bits per heavy atom. The van der Waals surface area contributed by atoms with Crippen LogP contribution in [0.25, 0.3) is 0 Å². The van der Waals surface area contributed by atoms with Crippen molar-refractivity contribution < 1.29 is 57.1 Å². The molecule has 0 aliphatic heterocycles. The number of hydrogen-bond acceptors (Lipinski definition) is 12. The molecule has 0 aromatic heterocycles. The average Bonchev–Trinajstić information content (AvgIpc) is 3.43. The van der Waals surface area contributed by atoms with Crippen LogP contribution in [0.3, 0.4) is 0 Å². The number of hydrogen-bond donors (Lipinski definition) is 2. The lowest BCUT2D eigenvalue weighted by Gasteiger charge is -2.35. The Labute approximate surface area is 467 Å². The van der Waals surface area contributed by atoms with Crippen LogP contribution in [0, 0.1) is 23.7 Å². The molecule has 2 unspecified atom stereocenters. The van der Waals surface area contributed by atoms with Crippen molar-refractivity contribution in [2.75, 3.05) is 52.7 Å². The summed E-state index contributed by atoms with van der Waals surface area (Å²) >= 11 is 0. The van der Waals surface area contributed by atoms with Gasteiger partial charge >= 0.3 is 24.1 Å². The molecule has 2 N–H and O–H groups in total. The number of esters is 2. The normalized spacial score (nSPS) is 24.5. The number of nitrogens with one attached hydrogen (secondary N) is 2. The zero-order chi connectivity index (χ0) is 55.3. The smallest absolute Gasteiger partial charge is 0.407 e. The molecule has 0 spiro atoms. The van der Waals surface area contributed by atoms with Crippen molar-refractivity contribution in [2.24, 2.45) is 23.7 Å². The fourth-order valence-electron chi connectivity index (χ4n) is 11.9. The van der Waals surface area contributed by atoms with E-state index in [2.05, 4.69) is 37.6 Å². The highest BCUT2D eigenvalue weighted by atomic mass is 16.6. The second-order valence-electron chi connectivity index (χ2n) is 23.7. The molecule has 4 rings (SSSR count). The lowest BCUT2D eigenvalue weighted by molar-refractivity contribution is -0.139. The van der Waals surface area contributed by atoms with Crippen molar-refractivity contribution in [1.82, 2.24) is 10.6 Å². The summed E-state index contributed by atoms with van der Waals surface area (Å²) in [7, 11) is 0. The monoisotopic (exact) mass is 1090 g/mol. The van der Waals surface area contributed by atoms with Gasteiger partial charge in [-0.05, 0) is 147 Å². The third kappa shape index (κ3) is 30.8. The minimum absolute atomic E-state index is 0.0349. The Balaban J connectivity index is 1.15. The quantitative estimate of drug-likeness (QED) is 0.0258. The van der Waals surface area contributed by atoms with Crippen LogP contribution in [0.1, 0.15) is 240 Å². The van der Waals surface area contributed by atoms with Gasteiger partial charge in [0.15, 0.2) is 12.2 Å². The van der Waals surface area contributed by atoms with Gasteiger partial charge in [-0.1, -0.05) is 130 Å². The molecule has 4 saturated carbocycles.